The summed E-state index contributed by atoms with van der Waals surface area (Å²) in [5, 5.41) is 7.01. The van der Waals surface area contributed by atoms with Gasteiger partial charge in [-0.1, -0.05) is 0 Å². The van der Waals surface area contributed by atoms with Gasteiger partial charge in [0.2, 0.25) is 12.5 Å². The molecule has 5 rings (SSSR count). The number of pyridine rings is 1. The van der Waals surface area contributed by atoms with E-state index >= 15 is 0 Å². The van der Waals surface area contributed by atoms with Crippen LogP contribution in [0.15, 0.2) is 41.2 Å². The molecule has 1 amide bonds. The van der Waals surface area contributed by atoms with E-state index in [9.17, 15) is 9.59 Å². The molecule has 2 aromatic carbocycles. The van der Waals surface area contributed by atoms with Crippen LogP contribution in [0.3, 0.4) is 0 Å². The molecule has 38 heavy (non-hydrogen) atoms. The number of rotatable bonds is 9. The minimum Gasteiger partial charge on any atom is -0.497 e. The molecule has 2 aliphatic rings. The Morgan fingerprint density at radius 3 is 2.61 bits per heavy atom. The first-order valence-corrected chi connectivity index (χ1v) is 12.9. The highest BCUT2D eigenvalue weighted by atomic mass is 16.7. The van der Waals surface area contributed by atoms with Crippen molar-refractivity contribution in [3.63, 3.8) is 0 Å². The number of carbonyl (C=O) groups is 1. The first-order valence-electron chi connectivity index (χ1n) is 12.9. The number of carbonyl (C=O) groups excluding carboxylic acids is 1. The van der Waals surface area contributed by atoms with E-state index in [0.717, 1.165) is 55.7 Å². The summed E-state index contributed by atoms with van der Waals surface area (Å²) in [7, 11) is 4.79. The Hall–Kier alpha value is -3.76. The monoisotopic (exact) mass is 522 g/mol. The number of nitrogens with zero attached hydrogens (tertiary/aromatic N) is 2. The second-order valence-corrected chi connectivity index (χ2v) is 9.54. The number of hydrogen-bond acceptors (Lipinski definition) is 8. The lowest BCUT2D eigenvalue weighted by molar-refractivity contribution is 0.0964. The van der Waals surface area contributed by atoms with E-state index in [-0.39, 0.29) is 18.3 Å². The Labute approximate surface area is 221 Å². The van der Waals surface area contributed by atoms with Gasteiger partial charge in [0.25, 0.3) is 11.5 Å². The van der Waals surface area contributed by atoms with Crippen molar-refractivity contribution >= 4 is 16.8 Å². The Morgan fingerprint density at radius 2 is 1.87 bits per heavy atom. The van der Waals surface area contributed by atoms with Gasteiger partial charge in [-0.2, -0.15) is 0 Å². The predicted octanol–water partition coefficient (Wildman–Crippen LogP) is 2.36. The number of ether oxygens (including phenoxy) is 4. The van der Waals surface area contributed by atoms with Gasteiger partial charge < -0.3 is 39.0 Å². The minimum atomic E-state index is -0.279. The van der Waals surface area contributed by atoms with Crippen molar-refractivity contribution in [1.29, 1.82) is 0 Å². The Bertz CT molecular complexity index is 1380. The summed E-state index contributed by atoms with van der Waals surface area (Å²) in [4.78, 5) is 27.8. The van der Waals surface area contributed by atoms with Gasteiger partial charge >= 0.3 is 0 Å². The van der Waals surface area contributed by atoms with Crippen LogP contribution in [0.2, 0.25) is 0 Å². The topological polar surface area (TPSA) is 103 Å². The molecule has 10 heteroatoms. The number of aromatic nitrogens is 1. The zero-order valence-electron chi connectivity index (χ0n) is 22.0. The summed E-state index contributed by atoms with van der Waals surface area (Å²) in [5.74, 6) is 2.44. The van der Waals surface area contributed by atoms with Crippen LogP contribution in [-0.4, -0.2) is 69.1 Å². The van der Waals surface area contributed by atoms with E-state index in [1.54, 1.807) is 31.9 Å². The molecule has 0 bridgehead atoms. The largest absolute Gasteiger partial charge is 0.497 e. The molecule has 1 aromatic heterocycles. The van der Waals surface area contributed by atoms with Crippen molar-refractivity contribution in [3.05, 3.63) is 57.9 Å². The molecular formula is C28H34N4O6. The average Bonchev–Trinajstić information content (AvgIpc) is 3.43. The first kappa shape index (κ1) is 25.9. The van der Waals surface area contributed by atoms with Gasteiger partial charge in [-0.15, -0.1) is 0 Å². The summed E-state index contributed by atoms with van der Waals surface area (Å²) in [5.41, 5.74) is 1.97. The van der Waals surface area contributed by atoms with Crippen molar-refractivity contribution in [1.82, 2.24) is 20.1 Å². The maximum absolute atomic E-state index is 13.0. The zero-order chi connectivity index (χ0) is 26.6. The predicted molar refractivity (Wildman–Crippen MR) is 144 cm³/mol. The van der Waals surface area contributed by atoms with Crippen molar-refractivity contribution in [2.24, 2.45) is 0 Å². The quantitative estimate of drug-likeness (QED) is 0.442. The van der Waals surface area contributed by atoms with Gasteiger partial charge in [-0.3, -0.25) is 9.59 Å². The van der Waals surface area contributed by atoms with Gasteiger partial charge in [0.15, 0.2) is 11.5 Å². The highest BCUT2D eigenvalue weighted by Gasteiger charge is 2.22. The third-order valence-electron chi connectivity index (χ3n) is 7.33. The molecule has 10 nitrogen and oxygen atoms in total. The van der Waals surface area contributed by atoms with E-state index < -0.39 is 0 Å². The van der Waals surface area contributed by atoms with Gasteiger partial charge in [-0.25, -0.2) is 0 Å². The molecule has 0 radical (unpaired) electrons. The maximum Gasteiger partial charge on any atom is 0.251 e. The summed E-state index contributed by atoms with van der Waals surface area (Å²) in [6.07, 6.45) is 2.03. The summed E-state index contributed by atoms with van der Waals surface area (Å²) in [6.45, 7) is 4.10. The second-order valence-electron chi connectivity index (χ2n) is 9.54. The standard InChI is InChI=1S/C28H34N4O6/c1-29-28(34)22-15-26(33)32(23-14-20(35-2)4-5-21(22)23)11-10-31-8-6-19(7-9-31)30-16-18-12-24(36-3)27-25(13-18)37-17-38-27/h4-5,12-15,19,30H,6-11,16-17H2,1-3H3,(H,29,34). The van der Waals surface area contributed by atoms with E-state index in [0.29, 0.717) is 40.9 Å². The Morgan fingerprint density at radius 1 is 1.05 bits per heavy atom. The molecule has 202 valence electrons. The molecular weight excluding hydrogens is 488 g/mol. The SMILES string of the molecule is CNC(=O)c1cc(=O)n(CCN2CCC(NCc3cc(OC)c4c(c3)OCO4)CC2)c2cc(OC)ccc12. The number of likely N-dealkylation sites (tertiary alicyclic amines) is 1. The number of nitrogens with one attached hydrogen (secondary N) is 2. The Balaban J connectivity index is 1.20. The molecule has 0 atom stereocenters. The lowest BCUT2D eigenvalue weighted by Crippen LogP contribution is -2.43. The molecule has 0 spiro atoms. The molecule has 3 aromatic rings. The van der Waals surface area contributed by atoms with Gasteiger partial charge in [-0.05, 0) is 55.8 Å². The van der Waals surface area contributed by atoms with E-state index in [1.807, 2.05) is 24.3 Å². The van der Waals surface area contributed by atoms with Crippen LogP contribution < -0.4 is 35.1 Å². The van der Waals surface area contributed by atoms with Gasteiger partial charge in [0.05, 0.1) is 25.3 Å². The van der Waals surface area contributed by atoms with E-state index in [2.05, 4.69) is 15.5 Å². The van der Waals surface area contributed by atoms with Crippen LogP contribution >= 0.6 is 0 Å². The van der Waals surface area contributed by atoms with Crippen LogP contribution in [0, 0.1) is 0 Å². The van der Waals surface area contributed by atoms with Crippen molar-refractivity contribution in [3.8, 4) is 23.0 Å². The van der Waals surface area contributed by atoms with E-state index in [4.69, 9.17) is 18.9 Å². The number of hydrogen-bond donors (Lipinski definition) is 2. The van der Waals surface area contributed by atoms with Crippen LogP contribution in [0.5, 0.6) is 23.0 Å². The van der Waals surface area contributed by atoms with Gasteiger partial charge in [0, 0.05) is 50.2 Å². The van der Waals surface area contributed by atoms with Crippen LogP contribution in [0.1, 0.15) is 28.8 Å². The average molecular weight is 523 g/mol. The number of amides is 1. The fourth-order valence-corrected chi connectivity index (χ4v) is 5.19. The van der Waals surface area contributed by atoms with Crippen LogP contribution in [-0.2, 0) is 13.1 Å². The molecule has 1 fully saturated rings. The van der Waals surface area contributed by atoms with Crippen LogP contribution in [0.4, 0.5) is 0 Å². The minimum absolute atomic E-state index is 0.194. The second kappa shape index (κ2) is 11.3. The number of benzene rings is 2. The molecule has 3 heterocycles. The summed E-state index contributed by atoms with van der Waals surface area (Å²) in [6, 6.07) is 11.3. The van der Waals surface area contributed by atoms with E-state index in [1.165, 1.54) is 6.07 Å². The van der Waals surface area contributed by atoms with Crippen LogP contribution in [0.25, 0.3) is 10.9 Å². The summed E-state index contributed by atoms with van der Waals surface area (Å²) >= 11 is 0. The highest BCUT2D eigenvalue weighted by molar-refractivity contribution is 6.06. The number of fused-ring (bicyclic) bond motifs is 2. The third kappa shape index (κ3) is 5.27. The zero-order valence-corrected chi connectivity index (χ0v) is 22.0. The molecule has 0 aliphatic carbocycles. The fraction of sp³-hybridized carbons (Fsp3) is 0.429. The first-order chi connectivity index (χ1) is 18.5. The molecule has 0 saturated carbocycles. The fourth-order valence-electron chi connectivity index (χ4n) is 5.19. The lowest BCUT2D eigenvalue weighted by Gasteiger charge is -2.32. The molecule has 1 saturated heterocycles. The number of piperidine rings is 1. The van der Waals surface area contributed by atoms with Crippen molar-refractivity contribution in [2.75, 3.05) is 47.7 Å². The van der Waals surface area contributed by atoms with Gasteiger partial charge in [0.1, 0.15) is 5.75 Å². The summed E-state index contributed by atoms with van der Waals surface area (Å²) < 4.78 is 23.6. The Kier molecular flexibility index (Phi) is 7.71. The molecule has 2 aliphatic heterocycles. The third-order valence-corrected chi connectivity index (χ3v) is 7.33. The lowest BCUT2D eigenvalue weighted by atomic mass is 10.0. The highest BCUT2D eigenvalue weighted by Crippen LogP contribution is 2.41. The maximum atomic E-state index is 13.0. The molecule has 0 unspecified atom stereocenters. The molecule has 2 N–H and O–H groups in total. The number of methoxy groups -OCH3 is 2. The normalized spacial score (nSPS) is 15.6. The van der Waals surface area contributed by atoms with Crippen molar-refractivity contribution in [2.45, 2.75) is 32.0 Å². The smallest absolute Gasteiger partial charge is 0.251 e. The van der Waals surface area contributed by atoms with Crippen molar-refractivity contribution < 1.29 is 23.7 Å².